The van der Waals surface area contributed by atoms with Crippen LogP contribution < -0.4 is 5.32 Å². The number of amides is 2. The molecule has 0 aliphatic rings. The fourth-order valence-corrected chi connectivity index (χ4v) is 1.60. The molecule has 2 amide bonds. The van der Waals surface area contributed by atoms with Crippen LogP contribution in [0.5, 0.6) is 0 Å². The number of nitrogens with zero attached hydrogens (tertiary/aromatic N) is 2. The molecule has 2 rings (SSSR count). The number of carbonyl (C=O) groups excluding carboxylic acids is 1. The summed E-state index contributed by atoms with van der Waals surface area (Å²) in [5, 5.41) is 6.22. The highest BCUT2D eigenvalue weighted by molar-refractivity contribution is 5.89. The molecule has 0 fully saturated rings. The number of hydrogen-bond donors (Lipinski definition) is 1. The number of nitrogens with one attached hydrogen (secondary N) is 1. The van der Waals surface area contributed by atoms with Crippen LogP contribution in [0.25, 0.3) is 0 Å². The monoisotopic (exact) mass is 281 g/mol. The minimum atomic E-state index is -1.02. The summed E-state index contributed by atoms with van der Waals surface area (Å²) >= 11 is 0. The number of carbonyl (C=O) groups is 1. The molecule has 1 aromatic heterocycles. The summed E-state index contributed by atoms with van der Waals surface area (Å²) in [7, 11) is 1.55. The van der Waals surface area contributed by atoms with Crippen LogP contribution in [0.2, 0.25) is 0 Å². The maximum Gasteiger partial charge on any atom is 0.321 e. The van der Waals surface area contributed by atoms with Crippen molar-refractivity contribution in [2.75, 3.05) is 12.4 Å². The molecule has 5 nitrogen and oxygen atoms in total. The molecule has 0 unspecified atom stereocenters. The quantitative estimate of drug-likeness (QED) is 0.941. The lowest BCUT2D eigenvalue weighted by Crippen LogP contribution is -2.31. The Morgan fingerprint density at radius 1 is 1.35 bits per heavy atom. The van der Waals surface area contributed by atoms with E-state index >= 15 is 0 Å². The lowest BCUT2D eigenvalue weighted by Gasteiger charge is -2.16. The summed E-state index contributed by atoms with van der Waals surface area (Å²) in [6.07, 6.45) is 0. The first kappa shape index (κ1) is 14.0. The van der Waals surface area contributed by atoms with Gasteiger partial charge in [-0.05, 0) is 19.1 Å². The Morgan fingerprint density at radius 3 is 2.70 bits per heavy atom. The maximum atomic E-state index is 13.0. The standard InChI is InChI=1S/C13H13F2N3O2/c1-8-5-10(17-20-8)7-18(2)13(19)16-9-3-4-11(14)12(15)6-9/h3-6H,7H2,1-2H3,(H,16,19). The van der Waals surface area contributed by atoms with Gasteiger partial charge in [-0.1, -0.05) is 5.16 Å². The Bertz CT molecular complexity index is 628. The van der Waals surface area contributed by atoms with Crippen molar-refractivity contribution in [3.8, 4) is 0 Å². The third-order valence-corrected chi connectivity index (χ3v) is 2.59. The highest BCUT2D eigenvalue weighted by Gasteiger charge is 2.12. The van der Waals surface area contributed by atoms with Crippen LogP contribution in [-0.2, 0) is 6.54 Å². The molecular formula is C13H13F2N3O2. The molecule has 0 aliphatic carbocycles. The van der Waals surface area contributed by atoms with Crippen molar-refractivity contribution in [1.82, 2.24) is 10.1 Å². The molecule has 7 heteroatoms. The smallest absolute Gasteiger partial charge is 0.321 e. The van der Waals surface area contributed by atoms with Crippen LogP contribution in [0.15, 0.2) is 28.8 Å². The van der Waals surface area contributed by atoms with Crippen molar-refractivity contribution in [3.63, 3.8) is 0 Å². The SMILES string of the molecule is Cc1cc(CN(C)C(=O)Nc2ccc(F)c(F)c2)no1. The van der Waals surface area contributed by atoms with Crippen LogP contribution >= 0.6 is 0 Å². The highest BCUT2D eigenvalue weighted by Crippen LogP contribution is 2.14. The van der Waals surface area contributed by atoms with Crippen LogP contribution in [0.3, 0.4) is 0 Å². The number of aryl methyl sites for hydroxylation is 1. The lowest BCUT2D eigenvalue weighted by atomic mass is 10.3. The van der Waals surface area contributed by atoms with E-state index in [1.807, 2.05) is 0 Å². The van der Waals surface area contributed by atoms with E-state index in [2.05, 4.69) is 10.5 Å². The van der Waals surface area contributed by atoms with Gasteiger partial charge in [-0.3, -0.25) is 0 Å². The summed E-state index contributed by atoms with van der Waals surface area (Å²) in [5.74, 6) is -1.33. The molecule has 20 heavy (non-hydrogen) atoms. The van der Waals surface area contributed by atoms with Crippen molar-refractivity contribution in [2.24, 2.45) is 0 Å². The zero-order valence-corrected chi connectivity index (χ0v) is 11.0. The summed E-state index contributed by atoms with van der Waals surface area (Å²) in [6, 6.07) is 4.40. The largest absolute Gasteiger partial charge is 0.361 e. The van der Waals surface area contributed by atoms with E-state index < -0.39 is 17.7 Å². The number of halogens is 2. The summed E-state index contributed by atoms with van der Waals surface area (Å²) in [4.78, 5) is 13.2. The van der Waals surface area contributed by atoms with E-state index in [0.717, 1.165) is 12.1 Å². The van der Waals surface area contributed by atoms with E-state index in [4.69, 9.17) is 4.52 Å². The highest BCUT2D eigenvalue weighted by atomic mass is 19.2. The average Bonchev–Trinajstić information content (AvgIpc) is 2.79. The molecule has 2 aromatic rings. The fourth-order valence-electron chi connectivity index (χ4n) is 1.60. The van der Waals surface area contributed by atoms with Crippen molar-refractivity contribution < 1.29 is 18.1 Å². The van der Waals surface area contributed by atoms with Crippen LogP contribution in [0, 0.1) is 18.6 Å². The molecule has 0 aliphatic heterocycles. The third kappa shape index (κ3) is 3.31. The Hall–Kier alpha value is -2.44. The van der Waals surface area contributed by atoms with Gasteiger partial charge >= 0.3 is 6.03 Å². The maximum absolute atomic E-state index is 13.0. The lowest BCUT2D eigenvalue weighted by molar-refractivity contribution is 0.219. The van der Waals surface area contributed by atoms with E-state index in [-0.39, 0.29) is 12.2 Å². The number of hydrogen-bond acceptors (Lipinski definition) is 3. The Kier molecular flexibility index (Phi) is 3.97. The first-order chi connectivity index (χ1) is 9.45. The zero-order chi connectivity index (χ0) is 14.7. The summed E-state index contributed by atoms with van der Waals surface area (Å²) in [5.41, 5.74) is 0.780. The van der Waals surface area contributed by atoms with Crippen LogP contribution in [-0.4, -0.2) is 23.1 Å². The van der Waals surface area contributed by atoms with E-state index in [1.54, 1.807) is 20.0 Å². The molecular weight excluding hydrogens is 268 g/mol. The summed E-state index contributed by atoms with van der Waals surface area (Å²) < 4.78 is 30.7. The predicted molar refractivity (Wildman–Crippen MR) is 68.1 cm³/mol. The van der Waals surface area contributed by atoms with Gasteiger partial charge in [0.1, 0.15) is 11.5 Å². The second kappa shape index (κ2) is 5.68. The molecule has 1 heterocycles. The van der Waals surface area contributed by atoms with Crippen molar-refractivity contribution in [3.05, 3.63) is 47.4 Å². The first-order valence-electron chi connectivity index (χ1n) is 5.85. The predicted octanol–water partition coefficient (Wildman–Crippen LogP) is 2.93. The second-order valence-corrected chi connectivity index (χ2v) is 4.34. The number of benzene rings is 1. The molecule has 0 saturated heterocycles. The molecule has 0 saturated carbocycles. The van der Waals surface area contributed by atoms with Crippen molar-refractivity contribution >= 4 is 11.7 Å². The van der Waals surface area contributed by atoms with Crippen LogP contribution in [0.1, 0.15) is 11.5 Å². The molecule has 0 spiro atoms. The average molecular weight is 281 g/mol. The van der Waals surface area contributed by atoms with Gasteiger partial charge in [-0.15, -0.1) is 0 Å². The first-order valence-corrected chi connectivity index (χ1v) is 5.85. The molecule has 0 atom stereocenters. The molecule has 1 N–H and O–H groups in total. The third-order valence-electron chi connectivity index (χ3n) is 2.59. The van der Waals surface area contributed by atoms with E-state index in [9.17, 15) is 13.6 Å². The Labute approximate surface area is 114 Å². The zero-order valence-electron chi connectivity index (χ0n) is 11.0. The van der Waals surface area contributed by atoms with Gasteiger partial charge in [0.25, 0.3) is 0 Å². The normalized spacial score (nSPS) is 10.4. The van der Waals surface area contributed by atoms with Gasteiger partial charge in [0.05, 0.1) is 6.54 Å². The van der Waals surface area contributed by atoms with Gasteiger partial charge in [-0.2, -0.15) is 0 Å². The number of urea groups is 1. The van der Waals surface area contributed by atoms with Gasteiger partial charge in [-0.25, -0.2) is 13.6 Å². The minimum absolute atomic E-state index is 0.178. The van der Waals surface area contributed by atoms with Gasteiger partial charge in [0.2, 0.25) is 0 Å². The van der Waals surface area contributed by atoms with E-state index in [0.29, 0.717) is 11.5 Å². The topological polar surface area (TPSA) is 58.4 Å². The van der Waals surface area contributed by atoms with Crippen LogP contribution in [0.4, 0.5) is 19.3 Å². The second-order valence-electron chi connectivity index (χ2n) is 4.34. The number of aromatic nitrogens is 1. The van der Waals surface area contributed by atoms with E-state index in [1.165, 1.54) is 11.0 Å². The van der Waals surface area contributed by atoms with Gasteiger partial charge < -0.3 is 14.7 Å². The molecule has 0 bridgehead atoms. The van der Waals surface area contributed by atoms with Crippen molar-refractivity contribution in [2.45, 2.75) is 13.5 Å². The summed E-state index contributed by atoms with van der Waals surface area (Å²) in [6.45, 7) is 1.99. The number of rotatable bonds is 3. The molecule has 1 aromatic carbocycles. The molecule has 106 valence electrons. The Balaban J connectivity index is 1.98. The molecule has 0 radical (unpaired) electrons. The minimum Gasteiger partial charge on any atom is -0.361 e. The Morgan fingerprint density at radius 2 is 2.10 bits per heavy atom. The van der Waals surface area contributed by atoms with Gasteiger partial charge in [0.15, 0.2) is 11.6 Å². The number of anilines is 1. The van der Waals surface area contributed by atoms with Gasteiger partial charge in [0, 0.05) is 24.9 Å². The fraction of sp³-hybridized carbons (Fsp3) is 0.231. The van der Waals surface area contributed by atoms with Crippen molar-refractivity contribution in [1.29, 1.82) is 0 Å².